The van der Waals surface area contributed by atoms with Crippen molar-refractivity contribution in [2.45, 2.75) is 32.4 Å². The molecule has 0 aliphatic carbocycles. The van der Waals surface area contributed by atoms with Crippen molar-refractivity contribution < 1.29 is 9.18 Å². The number of aryl methyl sites for hydroxylation is 1. The molecule has 1 aliphatic rings. The van der Waals surface area contributed by atoms with Gasteiger partial charge in [-0.1, -0.05) is 12.1 Å². The number of nitrogens with one attached hydrogen (secondary N) is 2. The summed E-state index contributed by atoms with van der Waals surface area (Å²) in [6.07, 6.45) is 2.29. The highest BCUT2D eigenvalue weighted by Gasteiger charge is 2.19. The van der Waals surface area contributed by atoms with Crippen molar-refractivity contribution in [2.24, 2.45) is 0 Å². The molecule has 0 saturated carbocycles. The van der Waals surface area contributed by atoms with Crippen molar-refractivity contribution in [3.63, 3.8) is 0 Å². The third-order valence-electron chi connectivity index (χ3n) is 4.00. The Labute approximate surface area is 125 Å². The number of hydrogen-bond donors (Lipinski definition) is 2. The maximum absolute atomic E-state index is 13.2. The van der Waals surface area contributed by atoms with Crippen molar-refractivity contribution in [3.8, 4) is 0 Å². The summed E-state index contributed by atoms with van der Waals surface area (Å²) in [6.45, 7) is 4.58. The van der Waals surface area contributed by atoms with Crippen LogP contribution in [0.5, 0.6) is 0 Å². The maximum atomic E-state index is 13.2. The van der Waals surface area contributed by atoms with Gasteiger partial charge in [-0.05, 0) is 50.6 Å². The summed E-state index contributed by atoms with van der Waals surface area (Å²) < 4.78 is 13.2. The predicted molar refractivity (Wildman–Crippen MR) is 81.5 cm³/mol. The average molecular weight is 293 g/mol. The molecule has 4 nitrogen and oxygen atoms in total. The second-order valence-corrected chi connectivity index (χ2v) is 5.78. The predicted octanol–water partition coefficient (Wildman–Crippen LogP) is 1.43. The minimum Gasteiger partial charge on any atom is -0.351 e. The molecule has 0 bridgehead atoms. The second kappa shape index (κ2) is 7.52. The molecule has 1 saturated heterocycles. The lowest BCUT2D eigenvalue weighted by Crippen LogP contribution is -2.47. The number of likely N-dealkylation sites (N-methyl/N-ethyl adjacent to an activating group) is 1. The van der Waals surface area contributed by atoms with Gasteiger partial charge in [-0.25, -0.2) is 4.39 Å². The summed E-state index contributed by atoms with van der Waals surface area (Å²) >= 11 is 0. The van der Waals surface area contributed by atoms with Gasteiger partial charge in [-0.2, -0.15) is 0 Å². The molecule has 0 aromatic heterocycles. The molecule has 1 fully saturated rings. The van der Waals surface area contributed by atoms with Crippen LogP contribution in [0, 0.1) is 12.7 Å². The Morgan fingerprint density at radius 1 is 1.52 bits per heavy atom. The third-order valence-corrected chi connectivity index (χ3v) is 4.00. The van der Waals surface area contributed by atoms with Gasteiger partial charge in [0, 0.05) is 19.1 Å². The molecule has 5 heteroatoms. The van der Waals surface area contributed by atoms with Gasteiger partial charge in [0.1, 0.15) is 5.82 Å². The molecule has 0 radical (unpaired) electrons. The molecule has 1 atom stereocenters. The SMILES string of the molecule is Cc1cc(CNC(=O)CN(C)C2CCCNC2)ccc1F. The number of nitrogens with zero attached hydrogens (tertiary/aromatic N) is 1. The molecule has 1 aromatic carbocycles. The van der Waals surface area contributed by atoms with E-state index in [2.05, 4.69) is 15.5 Å². The van der Waals surface area contributed by atoms with E-state index >= 15 is 0 Å². The van der Waals surface area contributed by atoms with Crippen LogP contribution in [0.4, 0.5) is 4.39 Å². The molecular weight excluding hydrogens is 269 g/mol. The zero-order chi connectivity index (χ0) is 15.2. The third kappa shape index (κ3) is 4.79. The number of benzene rings is 1. The molecule has 0 spiro atoms. The van der Waals surface area contributed by atoms with Crippen molar-refractivity contribution in [2.75, 3.05) is 26.7 Å². The van der Waals surface area contributed by atoms with Gasteiger partial charge in [-0.3, -0.25) is 9.69 Å². The first-order chi connectivity index (χ1) is 10.1. The number of halogens is 1. The quantitative estimate of drug-likeness (QED) is 0.863. The Morgan fingerprint density at radius 3 is 3.00 bits per heavy atom. The van der Waals surface area contributed by atoms with E-state index in [1.165, 1.54) is 6.07 Å². The van der Waals surface area contributed by atoms with Crippen molar-refractivity contribution in [1.82, 2.24) is 15.5 Å². The van der Waals surface area contributed by atoms with E-state index < -0.39 is 0 Å². The summed E-state index contributed by atoms with van der Waals surface area (Å²) in [5, 5.41) is 6.24. The first-order valence-electron chi connectivity index (χ1n) is 7.49. The van der Waals surface area contributed by atoms with E-state index in [4.69, 9.17) is 0 Å². The van der Waals surface area contributed by atoms with E-state index in [0.717, 1.165) is 31.5 Å². The molecule has 1 amide bonds. The van der Waals surface area contributed by atoms with E-state index in [1.807, 2.05) is 7.05 Å². The molecule has 2 rings (SSSR count). The number of carbonyl (C=O) groups excluding carboxylic acids is 1. The number of hydrogen-bond acceptors (Lipinski definition) is 3. The normalized spacial score (nSPS) is 18.8. The largest absolute Gasteiger partial charge is 0.351 e. The Bertz CT molecular complexity index is 486. The highest BCUT2D eigenvalue weighted by atomic mass is 19.1. The van der Waals surface area contributed by atoms with Gasteiger partial charge in [-0.15, -0.1) is 0 Å². The van der Waals surface area contributed by atoms with Gasteiger partial charge in [0.05, 0.1) is 6.54 Å². The fourth-order valence-corrected chi connectivity index (χ4v) is 2.64. The Balaban J connectivity index is 1.77. The molecule has 2 N–H and O–H groups in total. The smallest absolute Gasteiger partial charge is 0.234 e. The Kier molecular flexibility index (Phi) is 5.70. The highest BCUT2D eigenvalue weighted by Crippen LogP contribution is 2.10. The summed E-state index contributed by atoms with van der Waals surface area (Å²) in [5.74, 6) is -0.209. The van der Waals surface area contributed by atoms with E-state index in [0.29, 0.717) is 24.7 Å². The molecule has 1 aromatic rings. The van der Waals surface area contributed by atoms with Crippen LogP contribution in [0.3, 0.4) is 0 Å². The Morgan fingerprint density at radius 2 is 2.33 bits per heavy atom. The summed E-state index contributed by atoms with van der Waals surface area (Å²) in [7, 11) is 1.99. The van der Waals surface area contributed by atoms with Crippen LogP contribution in [-0.4, -0.2) is 43.5 Å². The monoisotopic (exact) mass is 293 g/mol. The lowest BCUT2D eigenvalue weighted by Gasteiger charge is -2.31. The minimum atomic E-state index is -0.213. The van der Waals surface area contributed by atoms with Gasteiger partial charge >= 0.3 is 0 Å². The standard InChI is InChI=1S/C16H24FN3O/c1-12-8-13(5-6-15(12)17)9-19-16(21)11-20(2)14-4-3-7-18-10-14/h5-6,8,14,18H,3-4,7,9-11H2,1-2H3,(H,19,21). The molecule has 1 heterocycles. The number of piperidine rings is 1. The number of amides is 1. The van der Waals surface area contributed by atoms with Crippen molar-refractivity contribution in [3.05, 3.63) is 35.1 Å². The van der Waals surface area contributed by atoms with Gasteiger partial charge in [0.15, 0.2) is 0 Å². The average Bonchev–Trinajstić information content (AvgIpc) is 2.49. The lowest BCUT2D eigenvalue weighted by atomic mass is 10.1. The minimum absolute atomic E-state index is 0.00468. The van der Waals surface area contributed by atoms with E-state index in [-0.39, 0.29) is 11.7 Å². The van der Waals surface area contributed by atoms with Crippen LogP contribution < -0.4 is 10.6 Å². The first kappa shape index (κ1) is 15.9. The molecule has 116 valence electrons. The van der Waals surface area contributed by atoms with E-state index in [1.54, 1.807) is 19.1 Å². The summed E-state index contributed by atoms with van der Waals surface area (Å²) in [5.41, 5.74) is 1.52. The van der Waals surface area contributed by atoms with Crippen LogP contribution in [0.1, 0.15) is 24.0 Å². The van der Waals surface area contributed by atoms with Crippen LogP contribution in [0.25, 0.3) is 0 Å². The zero-order valence-electron chi connectivity index (χ0n) is 12.8. The van der Waals surface area contributed by atoms with Gasteiger partial charge in [0.25, 0.3) is 0 Å². The maximum Gasteiger partial charge on any atom is 0.234 e. The molecule has 1 aliphatic heterocycles. The van der Waals surface area contributed by atoms with Crippen LogP contribution >= 0.6 is 0 Å². The zero-order valence-corrected chi connectivity index (χ0v) is 12.8. The first-order valence-corrected chi connectivity index (χ1v) is 7.49. The molecule has 21 heavy (non-hydrogen) atoms. The van der Waals surface area contributed by atoms with Gasteiger partial charge < -0.3 is 10.6 Å². The van der Waals surface area contributed by atoms with Crippen LogP contribution in [-0.2, 0) is 11.3 Å². The molecular formula is C16H24FN3O. The van der Waals surface area contributed by atoms with Crippen molar-refractivity contribution in [1.29, 1.82) is 0 Å². The fourth-order valence-electron chi connectivity index (χ4n) is 2.64. The Hall–Kier alpha value is -1.46. The van der Waals surface area contributed by atoms with Crippen LogP contribution in [0.15, 0.2) is 18.2 Å². The highest BCUT2D eigenvalue weighted by molar-refractivity contribution is 5.78. The summed E-state index contributed by atoms with van der Waals surface area (Å²) in [6, 6.07) is 5.34. The number of rotatable bonds is 5. The second-order valence-electron chi connectivity index (χ2n) is 5.78. The number of carbonyl (C=O) groups is 1. The summed E-state index contributed by atoms with van der Waals surface area (Å²) in [4.78, 5) is 14.1. The van der Waals surface area contributed by atoms with Gasteiger partial charge in [0.2, 0.25) is 5.91 Å². The topological polar surface area (TPSA) is 44.4 Å². The fraction of sp³-hybridized carbons (Fsp3) is 0.562. The van der Waals surface area contributed by atoms with E-state index in [9.17, 15) is 9.18 Å². The molecule has 1 unspecified atom stereocenters. The van der Waals surface area contributed by atoms with Crippen LogP contribution in [0.2, 0.25) is 0 Å². The van der Waals surface area contributed by atoms with Crippen molar-refractivity contribution >= 4 is 5.91 Å². The lowest BCUT2D eigenvalue weighted by molar-refractivity contribution is -0.122.